The van der Waals surface area contributed by atoms with E-state index in [4.69, 9.17) is 5.73 Å². The van der Waals surface area contributed by atoms with Crippen LogP contribution in [-0.4, -0.2) is 19.1 Å². The molecule has 2 aromatic rings. The molecule has 33 heavy (non-hydrogen) atoms. The summed E-state index contributed by atoms with van der Waals surface area (Å²) in [5.74, 6) is 2.82. The minimum absolute atomic E-state index is 0.641. The minimum atomic E-state index is 0.641. The van der Waals surface area contributed by atoms with Crippen LogP contribution < -0.4 is 5.73 Å². The van der Waals surface area contributed by atoms with Gasteiger partial charge < -0.3 is 14.9 Å². The van der Waals surface area contributed by atoms with E-state index in [2.05, 4.69) is 46.1 Å². The summed E-state index contributed by atoms with van der Waals surface area (Å²) in [5, 5.41) is 0. The normalized spacial score (nSPS) is 10.9. The summed E-state index contributed by atoms with van der Waals surface area (Å²) >= 11 is 0. The van der Waals surface area contributed by atoms with Gasteiger partial charge in [0.2, 0.25) is 0 Å². The average Bonchev–Trinajstić information content (AvgIpc) is 3.36. The van der Waals surface area contributed by atoms with Gasteiger partial charge in [-0.3, -0.25) is 0 Å². The lowest BCUT2D eigenvalue weighted by atomic mass is 10.1. The van der Waals surface area contributed by atoms with Gasteiger partial charge in [-0.2, -0.15) is 0 Å². The van der Waals surface area contributed by atoms with Crippen LogP contribution in [0.3, 0.4) is 0 Å². The van der Waals surface area contributed by atoms with E-state index in [9.17, 15) is 0 Å². The second-order valence-corrected chi connectivity index (χ2v) is 9.52. The van der Waals surface area contributed by atoms with Gasteiger partial charge in [0.05, 0.1) is 0 Å². The summed E-state index contributed by atoms with van der Waals surface area (Å²) in [7, 11) is 0. The predicted molar refractivity (Wildman–Crippen MR) is 144 cm³/mol. The molecular weight excluding hydrogens is 406 g/mol. The first-order chi connectivity index (χ1) is 16.1. The number of aromatic nitrogens is 4. The summed E-state index contributed by atoms with van der Waals surface area (Å²) in [5.41, 5.74) is 5.65. The Hall–Kier alpha value is -1.78. The van der Waals surface area contributed by atoms with E-state index in [1.165, 1.54) is 103 Å². The van der Waals surface area contributed by atoms with Crippen LogP contribution in [0.15, 0.2) is 18.6 Å². The largest absolute Gasteiger partial charge is 0.382 e. The zero-order valence-corrected chi connectivity index (χ0v) is 22.3. The van der Waals surface area contributed by atoms with Gasteiger partial charge in [0.25, 0.3) is 0 Å². The Bertz CT molecular complexity index is 688. The number of hydrogen-bond donors (Lipinski definition) is 1. The van der Waals surface area contributed by atoms with Crippen molar-refractivity contribution < 1.29 is 0 Å². The molecule has 0 atom stereocenters. The lowest BCUT2D eigenvalue weighted by molar-refractivity contribution is 0.539. The topological polar surface area (TPSA) is 61.7 Å². The monoisotopic (exact) mass is 459 g/mol. The Kier molecular flexibility index (Phi) is 17.4. The zero-order chi connectivity index (χ0) is 24.2. The summed E-state index contributed by atoms with van der Waals surface area (Å²) in [6, 6.07) is 0. The highest BCUT2D eigenvalue weighted by Crippen LogP contribution is 2.11. The molecule has 190 valence electrons. The Labute approximate surface area is 204 Å². The number of imidazole rings is 2. The van der Waals surface area contributed by atoms with Crippen LogP contribution in [0, 0.1) is 13.8 Å². The fraction of sp³-hybridized carbons (Fsp3) is 0.786. The maximum absolute atomic E-state index is 5.65. The number of nitrogen functional groups attached to an aromatic ring is 1. The first kappa shape index (κ1) is 29.3. The van der Waals surface area contributed by atoms with Gasteiger partial charge in [0.15, 0.2) is 0 Å². The second kappa shape index (κ2) is 19.7. The van der Waals surface area contributed by atoms with Crippen molar-refractivity contribution in [2.24, 2.45) is 0 Å². The molecule has 2 rings (SSSR count). The molecule has 5 heteroatoms. The second-order valence-electron chi connectivity index (χ2n) is 9.52. The van der Waals surface area contributed by atoms with Crippen molar-refractivity contribution in [1.82, 2.24) is 19.1 Å². The SMILES string of the molecule is CCCCCCCCCCn1cc(N)nc1C.CCCCCCCCCCn1ccnc1C. The van der Waals surface area contributed by atoms with Crippen LogP contribution >= 0.6 is 0 Å². The van der Waals surface area contributed by atoms with Crippen molar-refractivity contribution in [3.05, 3.63) is 30.2 Å². The fourth-order valence-corrected chi connectivity index (χ4v) is 4.23. The number of nitrogens with two attached hydrogens (primary N) is 1. The van der Waals surface area contributed by atoms with Crippen LogP contribution in [0.25, 0.3) is 0 Å². The standard InChI is InChI=1S/C14H27N3.C14H26N2/c1-3-4-5-6-7-8-9-10-11-17-12-14(15)16-13(17)2;1-3-4-5-6-7-8-9-10-12-16-13-11-15-14(16)2/h12H,3-11,15H2,1-2H3;11,13H,3-10,12H2,1-2H3. The predicted octanol–water partition coefficient (Wildman–Crippen LogP) is 8.25. The third kappa shape index (κ3) is 14.9. The molecule has 5 nitrogen and oxygen atoms in total. The summed E-state index contributed by atoms with van der Waals surface area (Å²) in [6.07, 6.45) is 27.9. The maximum Gasteiger partial charge on any atom is 0.141 e. The zero-order valence-electron chi connectivity index (χ0n) is 22.3. The molecule has 0 fully saturated rings. The third-order valence-electron chi connectivity index (χ3n) is 6.42. The summed E-state index contributed by atoms with van der Waals surface area (Å²) in [4.78, 5) is 8.43. The van der Waals surface area contributed by atoms with Crippen molar-refractivity contribution in [3.8, 4) is 0 Å². The molecule has 0 saturated carbocycles. The molecule has 0 aromatic carbocycles. The molecule has 0 bridgehead atoms. The van der Waals surface area contributed by atoms with E-state index in [0.717, 1.165) is 24.7 Å². The molecule has 0 saturated heterocycles. The van der Waals surface area contributed by atoms with Gasteiger partial charge in [-0.05, 0) is 26.7 Å². The van der Waals surface area contributed by atoms with E-state index in [-0.39, 0.29) is 0 Å². The van der Waals surface area contributed by atoms with Gasteiger partial charge in [0, 0.05) is 31.7 Å². The lowest BCUT2D eigenvalue weighted by Gasteiger charge is -2.04. The fourth-order valence-electron chi connectivity index (χ4n) is 4.23. The molecule has 0 aliphatic heterocycles. The van der Waals surface area contributed by atoms with Crippen LogP contribution in [0.1, 0.15) is 128 Å². The summed E-state index contributed by atoms with van der Waals surface area (Å²) < 4.78 is 4.41. The third-order valence-corrected chi connectivity index (χ3v) is 6.42. The van der Waals surface area contributed by atoms with Crippen LogP contribution in [-0.2, 0) is 13.1 Å². The van der Waals surface area contributed by atoms with Crippen molar-refractivity contribution in [2.75, 3.05) is 5.73 Å². The van der Waals surface area contributed by atoms with E-state index < -0.39 is 0 Å². The highest BCUT2D eigenvalue weighted by Gasteiger charge is 2.00. The highest BCUT2D eigenvalue weighted by molar-refractivity contribution is 5.25. The van der Waals surface area contributed by atoms with E-state index in [0.29, 0.717) is 5.82 Å². The molecule has 0 aliphatic rings. The van der Waals surface area contributed by atoms with Crippen molar-refractivity contribution in [2.45, 2.75) is 144 Å². The van der Waals surface area contributed by atoms with Crippen molar-refractivity contribution >= 4 is 5.82 Å². The van der Waals surface area contributed by atoms with Gasteiger partial charge in [0.1, 0.15) is 17.5 Å². The van der Waals surface area contributed by atoms with Crippen LogP contribution in [0.4, 0.5) is 5.82 Å². The van der Waals surface area contributed by atoms with Gasteiger partial charge >= 0.3 is 0 Å². The summed E-state index contributed by atoms with van der Waals surface area (Å²) in [6.45, 7) is 10.8. The Balaban J connectivity index is 0.000000331. The number of unbranched alkanes of at least 4 members (excludes halogenated alkanes) is 14. The van der Waals surface area contributed by atoms with Crippen molar-refractivity contribution in [1.29, 1.82) is 0 Å². The molecule has 2 heterocycles. The van der Waals surface area contributed by atoms with E-state index in [1.807, 2.05) is 19.3 Å². The molecule has 0 unspecified atom stereocenters. The number of anilines is 1. The van der Waals surface area contributed by atoms with Gasteiger partial charge in [-0.1, -0.05) is 104 Å². The smallest absolute Gasteiger partial charge is 0.141 e. The Morgan fingerprint density at radius 3 is 1.48 bits per heavy atom. The first-order valence-corrected chi connectivity index (χ1v) is 13.8. The maximum atomic E-state index is 5.65. The molecule has 2 aromatic heterocycles. The molecule has 0 radical (unpaired) electrons. The lowest BCUT2D eigenvalue weighted by Crippen LogP contribution is -1.98. The average molecular weight is 460 g/mol. The van der Waals surface area contributed by atoms with E-state index in [1.54, 1.807) is 0 Å². The van der Waals surface area contributed by atoms with Crippen LogP contribution in [0.2, 0.25) is 0 Å². The Morgan fingerprint density at radius 1 is 0.636 bits per heavy atom. The van der Waals surface area contributed by atoms with Gasteiger partial charge in [-0.15, -0.1) is 0 Å². The van der Waals surface area contributed by atoms with Crippen LogP contribution in [0.5, 0.6) is 0 Å². The number of nitrogens with zero attached hydrogens (tertiary/aromatic N) is 4. The Morgan fingerprint density at radius 2 is 1.09 bits per heavy atom. The number of aryl methyl sites for hydroxylation is 4. The molecule has 0 spiro atoms. The minimum Gasteiger partial charge on any atom is -0.382 e. The number of hydrogen-bond acceptors (Lipinski definition) is 3. The molecule has 2 N–H and O–H groups in total. The van der Waals surface area contributed by atoms with E-state index >= 15 is 0 Å². The number of rotatable bonds is 18. The molecular formula is C28H53N5. The first-order valence-electron chi connectivity index (χ1n) is 13.8. The molecule has 0 aliphatic carbocycles. The molecule has 0 amide bonds. The highest BCUT2D eigenvalue weighted by atomic mass is 15.1. The van der Waals surface area contributed by atoms with Gasteiger partial charge in [-0.25, -0.2) is 9.97 Å². The quantitative estimate of drug-likeness (QED) is 0.228. The van der Waals surface area contributed by atoms with Crippen molar-refractivity contribution in [3.63, 3.8) is 0 Å².